The minimum Gasteiger partial charge on any atom is -0.339 e. The van der Waals surface area contributed by atoms with Crippen LogP contribution in [0.15, 0.2) is 20.4 Å². The molecule has 0 atom stereocenters. The van der Waals surface area contributed by atoms with Crippen LogP contribution in [0.1, 0.15) is 42.3 Å². The summed E-state index contributed by atoms with van der Waals surface area (Å²) < 4.78 is 6.45. The number of aryl methyl sites for hydroxylation is 2. The fraction of sp³-hybridized carbons (Fsp3) is 0.538. The second-order valence-corrected chi connectivity index (χ2v) is 7.02. The lowest BCUT2D eigenvalue weighted by molar-refractivity contribution is 0.348. The quantitative estimate of drug-likeness (QED) is 0.878. The minimum absolute atomic E-state index is 0. The molecule has 0 aliphatic heterocycles. The number of aromatic nitrogens is 2. The van der Waals surface area contributed by atoms with Crippen molar-refractivity contribution in [3.63, 3.8) is 0 Å². The zero-order valence-corrected chi connectivity index (χ0v) is 14.2. The van der Waals surface area contributed by atoms with Crippen molar-refractivity contribution in [1.82, 2.24) is 10.1 Å². The maximum absolute atomic E-state index is 6.32. The first-order valence-electron chi connectivity index (χ1n) is 6.51. The van der Waals surface area contributed by atoms with Crippen LogP contribution in [-0.4, -0.2) is 10.1 Å². The van der Waals surface area contributed by atoms with E-state index in [1.165, 1.54) is 4.88 Å². The first kappa shape index (κ1) is 15.9. The van der Waals surface area contributed by atoms with Gasteiger partial charge in [-0.05, 0) is 41.3 Å². The van der Waals surface area contributed by atoms with Crippen molar-refractivity contribution >= 4 is 39.7 Å². The van der Waals surface area contributed by atoms with Crippen LogP contribution in [0.5, 0.6) is 0 Å². The van der Waals surface area contributed by atoms with Crippen LogP contribution in [-0.2, 0) is 18.4 Å². The van der Waals surface area contributed by atoms with E-state index in [-0.39, 0.29) is 17.9 Å². The van der Waals surface area contributed by atoms with Gasteiger partial charge in [-0.1, -0.05) is 18.0 Å². The summed E-state index contributed by atoms with van der Waals surface area (Å²) in [5.41, 5.74) is 5.96. The highest BCUT2D eigenvalue weighted by atomic mass is 79.9. The highest BCUT2D eigenvalue weighted by Gasteiger charge is 2.35. The van der Waals surface area contributed by atoms with Gasteiger partial charge in [0, 0.05) is 21.2 Å². The van der Waals surface area contributed by atoms with Crippen LogP contribution in [0.3, 0.4) is 0 Å². The second kappa shape index (κ2) is 6.56. The van der Waals surface area contributed by atoms with E-state index >= 15 is 0 Å². The Labute approximate surface area is 136 Å². The summed E-state index contributed by atoms with van der Waals surface area (Å²) >= 11 is 5.20. The molecule has 1 aliphatic rings. The van der Waals surface area contributed by atoms with Gasteiger partial charge in [0.1, 0.15) is 0 Å². The molecule has 0 saturated heterocycles. The van der Waals surface area contributed by atoms with E-state index < -0.39 is 0 Å². The van der Waals surface area contributed by atoms with E-state index in [0.29, 0.717) is 11.7 Å². The van der Waals surface area contributed by atoms with Gasteiger partial charge in [-0.15, -0.1) is 23.7 Å². The Kier molecular flexibility index (Phi) is 5.23. The molecule has 2 aromatic rings. The number of hydrogen-bond donors (Lipinski definition) is 1. The van der Waals surface area contributed by atoms with Gasteiger partial charge in [-0.3, -0.25) is 0 Å². The van der Waals surface area contributed by atoms with Crippen LogP contribution < -0.4 is 5.73 Å². The van der Waals surface area contributed by atoms with Crippen LogP contribution in [0, 0.1) is 0 Å². The number of nitrogens with zero attached hydrogens (tertiary/aromatic N) is 2. The van der Waals surface area contributed by atoms with Crippen molar-refractivity contribution in [2.24, 2.45) is 5.73 Å². The Hall–Kier alpha value is -0.430. The Balaban J connectivity index is 0.00000147. The predicted molar refractivity (Wildman–Crippen MR) is 85.3 cm³/mol. The summed E-state index contributed by atoms with van der Waals surface area (Å²) in [7, 11) is 0. The molecule has 3 rings (SSSR count). The normalized spacial score (nSPS) is 17.1. The Morgan fingerprint density at radius 1 is 1.35 bits per heavy atom. The summed E-state index contributed by atoms with van der Waals surface area (Å²) in [6, 6.07) is 2.13. The van der Waals surface area contributed by atoms with E-state index in [4.69, 9.17) is 10.3 Å². The Morgan fingerprint density at radius 2 is 2.10 bits per heavy atom. The highest BCUT2D eigenvalue weighted by Crippen LogP contribution is 2.34. The van der Waals surface area contributed by atoms with E-state index in [9.17, 15) is 0 Å². The average Bonchev–Trinajstić information content (AvgIpc) is 3.08. The standard InChI is InChI=1S/C13H16BrN3OS.ClH/c14-9-7-10(19-8-9)3-4-11-16-12(17-18-11)13(15)5-1-2-6-13;/h7-8H,1-6,15H2;1H. The fourth-order valence-electron chi connectivity index (χ4n) is 2.50. The van der Waals surface area contributed by atoms with Gasteiger partial charge in [0.2, 0.25) is 5.89 Å². The van der Waals surface area contributed by atoms with E-state index in [1.807, 2.05) is 0 Å². The molecule has 7 heteroatoms. The fourth-order valence-corrected chi connectivity index (χ4v) is 3.96. The summed E-state index contributed by atoms with van der Waals surface area (Å²) in [4.78, 5) is 5.79. The third kappa shape index (κ3) is 3.42. The number of thiophene rings is 1. The third-order valence-electron chi connectivity index (χ3n) is 3.62. The third-order valence-corrected chi connectivity index (χ3v) is 5.37. The molecule has 0 aromatic carbocycles. The lowest BCUT2D eigenvalue weighted by atomic mass is 9.99. The molecule has 0 unspecified atom stereocenters. The molecule has 0 radical (unpaired) electrons. The second-order valence-electron chi connectivity index (χ2n) is 5.11. The van der Waals surface area contributed by atoms with Gasteiger partial charge in [0.25, 0.3) is 0 Å². The molecule has 110 valence electrons. The van der Waals surface area contributed by atoms with Crippen LogP contribution in [0.25, 0.3) is 0 Å². The van der Waals surface area contributed by atoms with Crippen molar-refractivity contribution in [3.8, 4) is 0 Å². The predicted octanol–water partition coefficient (Wildman–Crippen LogP) is 3.83. The minimum atomic E-state index is -0.353. The van der Waals surface area contributed by atoms with Crippen molar-refractivity contribution in [2.75, 3.05) is 0 Å². The van der Waals surface area contributed by atoms with Crippen molar-refractivity contribution in [1.29, 1.82) is 0 Å². The lowest BCUT2D eigenvalue weighted by Gasteiger charge is -2.17. The van der Waals surface area contributed by atoms with Crippen LogP contribution in [0.2, 0.25) is 0 Å². The number of hydrogen-bond acceptors (Lipinski definition) is 5. The topological polar surface area (TPSA) is 64.9 Å². The first-order valence-corrected chi connectivity index (χ1v) is 8.18. The number of halogens is 2. The van der Waals surface area contributed by atoms with E-state index in [1.54, 1.807) is 11.3 Å². The molecule has 0 amide bonds. The summed E-state index contributed by atoms with van der Waals surface area (Å²) in [5, 5.41) is 6.16. The molecule has 20 heavy (non-hydrogen) atoms. The zero-order chi connectivity index (χ0) is 13.3. The summed E-state index contributed by atoms with van der Waals surface area (Å²) in [6.07, 6.45) is 5.94. The summed E-state index contributed by atoms with van der Waals surface area (Å²) in [5.74, 6) is 1.38. The SMILES string of the molecule is Cl.NC1(c2noc(CCc3cc(Br)cs3)n2)CCCC1. The monoisotopic (exact) mass is 377 g/mol. The van der Waals surface area contributed by atoms with Gasteiger partial charge < -0.3 is 10.3 Å². The molecule has 0 spiro atoms. The highest BCUT2D eigenvalue weighted by molar-refractivity contribution is 9.10. The molecule has 1 saturated carbocycles. The maximum Gasteiger partial charge on any atom is 0.227 e. The Morgan fingerprint density at radius 3 is 2.75 bits per heavy atom. The van der Waals surface area contributed by atoms with Gasteiger partial charge in [0.05, 0.1) is 5.54 Å². The van der Waals surface area contributed by atoms with Gasteiger partial charge in [-0.25, -0.2) is 0 Å². The van der Waals surface area contributed by atoms with Gasteiger partial charge in [-0.2, -0.15) is 4.98 Å². The largest absolute Gasteiger partial charge is 0.339 e. The molecule has 0 bridgehead atoms. The molecule has 2 aromatic heterocycles. The number of rotatable bonds is 4. The molecular formula is C13H17BrClN3OS. The van der Waals surface area contributed by atoms with Crippen molar-refractivity contribution < 1.29 is 4.52 Å². The molecular weight excluding hydrogens is 362 g/mol. The molecule has 2 heterocycles. The average molecular weight is 379 g/mol. The van der Waals surface area contributed by atoms with Gasteiger partial charge in [0.15, 0.2) is 5.82 Å². The molecule has 4 nitrogen and oxygen atoms in total. The Bertz CT molecular complexity index is 565. The van der Waals surface area contributed by atoms with E-state index in [2.05, 4.69) is 37.5 Å². The smallest absolute Gasteiger partial charge is 0.227 e. The van der Waals surface area contributed by atoms with Crippen molar-refractivity contribution in [3.05, 3.63) is 32.5 Å². The van der Waals surface area contributed by atoms with Crippen molar-refractivity contribution in [2.45, 2.75) is 44.1 Å². The lowest BCUT2D eigenvalue weighted by Crippen LogP contribution is -2.34. The molecule has 1 aliphatic carbocycles. The summed E-state index contributed by atoms with van der Waals surface area (Å²) in [6.45, 7) is 0. The number of nitrogens with two attached hydrogens (primary N) is 1. The van der Waals surface area contributed by atoms with Crippen LogP contribution >= 0.6 is 39.7 Å². The molecule has 2 N–H and O–H groups in total. The van der Waals surface area contributed by atoms with Crippen LogP contribution in [0.4, 0.5) is 0 Å². The molecule has 1 fully saturated rings. The maximum atomic E-state index is 6.32. The van der Waals surface area contributed by atoms with Gasteiger partial charge >= 0.3 is 0 Å². The van der Waals surface area contributed by atoms with E-state index in [0.717, 1.165) is 43.0 Å². The first-order chi connectivity index (χ1) is 9.16. The zero-order valence-electron chi connectivity index (χ0n) is 11.0.